The number of anilines is 3. The van der Waals surface area contributed by atoms with E-state index in [2.05, 4.69) is 65.5 Å². The molecule has 1 saturated carbocycles. The Kier molecular flexibility index (Phi) is 7.73. The molecule has 0 atom stereocenters. The third-order valence-corrected chi connectivity index (χ3v) is 7.29. The van der Waals surface area contributed by atoms with E-state index >= 15 is 0 Å². The average Bonchev–Trinajstić information content (AvgIpc) is 2.80. The Balaban J connectivity index is 1.28. The van der Waals surface area contributed by atoms with E-state index in [-0.39, 0.29) is 0 Å². The average molecular weight is 471 g/mol. The molecule has 1 aromatic heterocycles. The zero-order valence-corrected chi connectivity index (χ0v) is 20.9. The largest absolute Gasteiger partial charge is 0.362 e. The Hall–Kier alpha value is -2.06. The number of rotatable bonds is 6. The molecule has 0 bridgehead atoms. The monoisotopic (exact) mass is 470 g/mol. The molecule has 2 aliphatic carbocycles. The SMILES string of the molecule is CSc1ccc(NC(=S)NC2CCC(Nc3nc4c(c(N(C)C)n3)CCCC4)CC2)cc1. The fraction of sp³-hybridized carbons (Fsp3) is 0.542. The highest BCUT2D eigenvalue weighted by Crippen LogP contribution is 2.29. The van der Waals surface area contributed by atoms with Crippen LogP contribution in [0.5, 0.6) is 0 Å². The van der Waals surface area contributed by atoms with Crippen LogP contribution in [0.3, 0.4) is 0 Å². The van der Waals surface area contributed by atoms with Crippen molar-refractivity contribution in [2.45, 2.75) is 68.3 Å². The first-order valence-electron chi connectivity index (χ1n) is 11.6. The molecule has 0 aliphatic heterocycles. The molecule has 3 N–H and O–H groups in total. The molecule has 1 heterocycles. The van der Waals surface area contributed by atoms with Gasteiger partial charge in [0.15, 0.2) is 5.11 Å². The van der Waals surface area contributed by atoms with E-state index in [0.717, 1.165) is 56.0 Å². The van der Waals surface area contributed by atoms with Crippen LogP contribution in [0.1, 0.15) is 49.8 Å². The van der Waals surface area contributed by atoms with Gasteiger partial charge in [-0.2, -0.15) is 4.98 Å². The number of aryl methyl sites for hydroxylation is 1. The lowest BCUT2D eigenvalue weighted by molar-refractivity contribution is 0.387. The van der Waals surface area contributed by atoms with Gasteiger partial charge in [-0.05, 0) is 94.1 Å². The zero-order chi connectivity index (χ0) is 22.5. The van der Waals surface area contributed by atoms with Crippen LogP contribution in [0.15, 0.2) is 29.2 Å². The summed E-state index contributed by atoms with van der Waals surface area (Å²) in [5.74, 6) is 1.87. The highest BCUT2D eigenvalue weighted by Gasteiger charge is 2.24. The Bertz CT molecular complexity index is 923. The third kappa shape index (κ3) is 5.84. The van der Waals surface area contributed by atoms with Gasteiger partial charge in [0.2, 0.25) is 5.95 Å². The summed E-state index contributed by atoms with van der Waals surface area (Å²) in [5.41, 5.74) is 3.59. The van der Waals surface area contributed by atoms with Crippen LogP contribution in [0.25, 0.3) is 0 Å². The van der Waals surface area contributed by atoms with Gasteiger partial charge in [0, 0.05) is 42.3 Å². The molecule has 6 nitrogen and oxygen atoms in total. The summed E-state index contributed by atoms with van der Waals surface area (Å²) in [5, 5.41) is 11.1. The minimum absolute atomic E-state index is 0.403. The number of thioether (sulfide) groups is 1. The van der Waals surface area contributed by atoms with Crippen LogP contribution in [0.2, 0.25) is 0 Å². The van der Waals surface area contributed by atoms with Crippen molar-refractivity contribution >= 4 is 46.5 Å². The molecule has 8 heteroatoms. The Morgan fingerprint density at radius 2 is 1.69 bits per heavy atom. The van der Waals surface area contributed by atoms with Gasteiger partial charge < -0.3 is 20.9 Å². The molecule has 1 fully saturated rings. The maximum Gasteiger partial charge on any atom is 0.225 e. The lowest BCUT2D eigenvalue weighted by atomic mass is 9.91. The van der Waals surface area contributed by atoms with Crippen LogP contribution in [0, 0.1) is 0 Å². The van der Waals surface area contributed by atoms with E-state index in [0.29, 0.717) is 17.2 Å². The first-order chi connectivity index (χ1) is 15.5. The molecular weight excluding hydrogens is 436 g/mol. The maximum absolute atomic E-state index is 5.54. The summed E-state index contributed by atoms with van der Waals surface area (Å²) in [6.07, 6.45) is 11.0. The normalized spacial score (nSPS) is 20.2. The molecule has 2 aliphatic rings. The van der Waals surface area contributed by atoms with Gasteiger partial charge in [-0.25, -0.2) is 4.98 Å². The fourth-order valence-corrected chi connectivity index (χ4v) is 5.29. The number of hydrogen-bond acceptors (Lipinski definition) is 6. The Labute approximate surface area is 201 Å². The van der Waals surface area contributed by atoms with Crippen LogP contribution < -0.4 is 20.9 Å². The standard InChI is InChI=1S/C24H34N6S2/c1-30(2)22-20-6-4-5-7-21(20)28-23(29-22)25-16-8-10-17(11-9-16)26-24(31)27-18-12-14-19(32-3)15-13-18/h12-17H,4-11H2,1-3H3,(H,25,28,29)(H2,26,27,31). The van der Waals surface area contributed by atoms with Crippen LogP contribution in [-0.2, 0) is 12.8 Å². The molecule has 1 aromatic carbocycles. The van der Waals surface area contributed by atoms with Crippen molar-refractivity contribution in [2.24, 2.45) is 0 Å². The number of hydrogen-bond donors (Lipinski definition) is 3. The van der Waals surface area contributed by atoms with Crippen LogP contribution >= 0.6 is 24.0 Å². The predicted molar refractivity (Wildman–Crippen MR) is 140 cm³/mol. The van der Waals surface area contributed by atoms with Crippen LogP contribution in [-0.4, -0.2) is 47.5 Å². The first kappa shape index (κ1) is 23.1. The molecule has 0 amide bonds. The van der Waals surface area contributed by atoms with Crippen molar-refractivity contribution in [3.8, 4) is 0 Å². The van der Waals surface area contributed by atoms with Gasteiger partial charge in [0.05, 0.1) is 5.69 Å². The number of benzene rings is 1. The Morgan fingerprint density at radius 3 is 2.38 bits per heavy atom. The summed E-state index contributed by atoms with van der Waals surface area (Å²) in [6, 6.07) is 9.17. The number of thiocarbonyl (C=S) groups is 1. The van der Waals surface area contributed by atoms with Gasteiger partial charge in [-0.1, -0.05) is 0 Å². The van der Waals surface area contributed by atoms with Crippen molar-refractivity contribution in [1.29, 1.82) is 0 Å². The van der Waals surface area contributed by atoms with Crippen molar-refractivity contribution in [3.05, 3.63) is 35.5 Å². The zero-order valence-electron chi connectivity index (χ0n) is 19.3. The van der Waals surface area contributed by atoms with Crippen molar-refractivity contribution in [2.75, 3.05) is 35.9 Å². The summed E-state index contributed by atoms with van der Waals surface area (Å²) in [4.78, 5) is 13.1. The number of aromatic nitrogens is 2. The second-order valence-corrected chi connectivity index (χ2v) is 10.2. The minimum atomic E-state index is 0.403. The van der Waals surface area contributed by atoms with Gasteiger partial charge in [0.25, 0.3) is 0 Å². The van der Waals surface area contributed by atoms with Gasteiger partial charge in [0.1, 0.15) is 5.82 Å². The molecule has 32 heavy (non-hydrogen) atoms. The van der Waals surface area contributed by atoms with Gasteiger partial charge >= 0.3 is 0 Å². The van der Waals surface area contributed by atoms with Crippen LogP contribution in [0.4, 0.5) is 17.5 Å². The summed E-state index contributed by atoms with van der Waals surface area (Å²) < 4.78 is 0. The second kappa shape index (κ2) is 10.7. The van der Waals surface area contributed by atoms with Crippen molar-refractivity contribution in [1.82, 2.24) is 15.3 Å². The van der Waals surface area contributed by atoms with E-state index in [1.165, 1.54) is 29.0 Å². The number of nitrogens with zero attached hydrogens (tertiary/aromatic N) is 3. The maximum atomic E-state index is 5.54. The predicted octanol–water partition coefficient (Wildman–Crippen LogP) is 4.85. The van der Waals surface area contributed by atoms with E-state index < -0.39 is 0 Å². The lowest BCUT2D eigenvalue weighted by Gasteiger charge is -2.31. The van der Waals surface area contributed by atoms with E-state index in [9.17, 15) is 0 Å². The van der Waals surface area contributed by atoms with Crippen molar-refractivity contribution < 1.29 is 0 Å². The second-order valence-electron chi connectivity index (χ2n) is 8.92. The Morgan fingerprint density at radius 1 is 1.00 bits per heavy atom. The molecule has 4 rings (SSSR count). The molecule has 0 saturated heterocycles. The number of fused-ring (bicyclic) bond motifs is 1. The summed E-state index contributed by atoms with van der Waals surface area (Å²) in [6.45, 7) is 0. The van der Waals surface area contributed by atoms with E-state index in [1.54, 1.807) is 11.8 Å². The smallest absolute Gasteiger partial charge is 0.225 e. The molecular formula is C24H34N6S2. The fourth-order valence-electron chi connectivity index (χ4n) is 4.60. The lowest BCUT2D eigenvalue weighted by Crippen LogP contribution is -2.42. The topological polar surface area (TPSA) is 65.1 Å². The molecule has 172 valence electrons. The molecule has 0 spiro atoms. The number of nitrogens with one attached hydrogen (secondary N) is 3. The highest BCUT2D eigenvalue weighted by atomic mass is 32.2. The third-order valence-electron chi connectivity index (χ3n) is 6.33. The first-order valence-corrected chi connectivity index (χ1v) is 13.2. The molecule has 2 aromatic rings. The van der Waals surface area contributed by atoms with Gasteiger partial charge in [-0.3, -0.25) is 0 Å². The molecule has 0 radical (unpaired) electrons. The van der Waals surface area contributed by atoms with Gasteiger partial charge in [-0.15, -0.1) is 11.8 Å². The van der Waals surface area contributed by atoms with Crippen molar-refractivity contribution in [3.63, 3.8) is 0 Å². The summed E-state index contributed by atoms with van der Waals surface area (Å²) in [7, 11) is 4.15. The minimum Gasteiger partial charge on any atom is -0.362 e. The molecule has 0 unspecified atom stereocenters. The highest BCUT2D eigenvalue weighted by molar-refractivity contribution is 7.98. The summed E-state index contributed by atoms with van der Waals surface area (Å²) >= 11 is 7.28. The van der Waals surface area contributed by atoms with E-state index in [1.807, 2.05) is 0 Å². The van der Waals surface area contributed by atoms with E-state index in [4.69, 9.17) is 22.2 Å². The quantitative estimate of drug-likeness (QED) is 0.409.